The molecule has 4 rings (SSSR count). The van der Waals surface area contributed by atoms with Crippen molar-refractivity contribution >= 4 is 28.0 Å². The molecule has 1 aliphatic rings. The molecule has 0 saturated heterocycles. The van der Waals surface area contributed by atoms with Crippen LogP contribution in [0.4, 0.5) is 0 Å². The number of nitrogens with one attached hydrogen (secondary N) is 2. The molecule has 0 radical (unpaired) electrons. The molecule has 5 heteroatoms. The number of H-pyrrole nitrogens is 1. The van der Waals surface area contributed by atoms with Crippen molar-refractivity contribution in [1.82, 2.24) is 10.3 Å². The van der Waals surface area contributed by atoms with E-state index in [0.29, 0.717) is 17.1 Å². The van der Waals surface area contributed by atoms with Crippen LogP contribution in [0.2, 0.25) is 0 Å². The molecule has 3 aromatic rings. The van der Waals surface area contributed by atoms with E-state index in [1.54, 1.807) is 6.07 Å². The zero-order chi connectivity index (χ0) is 14.4. The van der Waals surface area contributed by atoms with Crippen LogP contribution in [0.1, 0.15) is 20.9 Å². The van der Waals surface area contributed by atoms with Gasteiger partial charge in [0.2, 0.25) is 11.5 Å². The summed E-state index contributed by atoms with van der Waals surface area (Å²) in [5, 5.41) is 16.9. The third-order valence-electron chi connectivity index (χ3n) is 4.00. The van der Waals surface area contributed by atoms with E-state index in [0.717, 1.165) is 22.9 Å². The average Bonchev–Trinajstić information content (AvgIpc) is 3.15. The Bertz CT molecular complexity index is 822. The van der Waals surface area contributed by atoms with E-state index in [1.165, 1.54) is 11.3 Å². The highest BCUT2D eigenvalue weighted by Gasteiger charge is 2.44. The summed E-state index contributed by atoms with van der Waals surface area (Å²) < 4.78 is 0. The van der Waals surface area contributed by atoms with Crippen molar-refractivity contribution in [2.75, 3.05) is 6.54 Å². The normalized spacial score (nSPS) is 21.4. The molecule has 1 aromatic carbocycles. The number of hydrogen-bond acceptors (Lipinski definition) is 4. The summed E-state index contributed by atoms with van der Waals surface area (Å²) in [4.78, 5) is 16.5. The topological polar surface area (TPSA) is 65.1 Å². The van der Waals surface area contributed by atoms with Crippen LogP contribution in [0.25, 0.3) is 10.9 Å². The van der Waals surface area contributed by atoms with Crippen LogP contribution in [0.5, 0.6) is 0 Å². The second kappa shape index (κ2) is 4.53. The third-order valence-corrected chi connectivity index (χ3v) is 4.87. The minimum absolute atomic E-state index is 0.301. The number of carbonyl (C=O) groups excluding carboxylic acids is 1. The van der Waals surface area contributed by atoms with Crippen LogP contribution in [0, 0.1) is 0 Å². The molecule has 0 saturated carbocycles. The molecule has 1 atom stereocenters. The first kappa shape index (κ1) is 12.8. The van der Waals surface area contributed by atoms with Gasteiger partial charge in [-0.1, -0.05) is 24.3 Å². The number of hydrogen-bond donors (Lipinski definition) is 3. The fourth-order valence-electron chi connectivity index (χ4n) is 3.01. The minimum atomic E-state index is -1.67. The van der Waals surface area contributed by atoms with Gasteiger partial charge >= 0.3 is 0 Å². The van der Waals surface area contributed by atoms with Gasteiger partial charge in [0.1, 0.15) is 0 Å². The summed E-state index contributed by atoms with van der Waals surface area (Å²) in [6.07, 6.45) is 0.791. The van der Waals surface area contributed by atoms with Crippen molar-refractivity contribution < 1.29 is 9.90 Å². The van der Waals surface area contributed by atoms with Gasteiger partial charge in [-0.25, -0.2) is 0 Å². The second-order valence-corrected chi connectivity index (χ2v) is 6.17. The molecule has 0 amide bonds. The Hall–Kier alpha value is -1.95. The zero-order valence-electron chi connectivity index (χ0n) is 11.2. The Morgan fingerprint density at radius 2 is 2.10 bits per heavy atom. The van der Waals surface area contributed by atoms with Crippen molar-refractivity contribution in [1.29, 1.82) is 0 Å². The molecular formula is C16H14N2O2S. The molecule has 1 unspecified atom stereocenters. The summed E-state index contributed by atoms with van der Waals surface area (Å²) in [6.45, 7) is 0.572. The number of ketones is 1. The fraction of sp³-hybridized carbons (Fsp3) is 0.188. The number of aliphatic hydroxyl groups is 1. The van der Waals surface area contributed by atoms with Crippen molar-refractivity contribution in [2.24, 2.45) is 0 Å². The van der Waals surface area contributed by atoms with E-state index in [2.05, 4.69) is 10.3 Å². The molecule has 0 spiro atoms. The van der Waals surface area contributed by atoms with Crippen LogP contribution in [-0.2, 0) is 12.1 Å². The fourth-order valence-corrected chi connectivity index (χ4v) is 3.72. The number of rotatable bonds is 2. The molecule has 0 fully saturated rings. The highest BCUT2D eigenvalue weighted by molar-refractivity contribution is 7.12. The smallest absolute Gasteiger partial charge is 0.225 e. The molecule has 4 nitrogen and oxygen atoms in total. The van der Waals surface area contributed by atoms with Gasteiger partial charge in [0.25, 0.3) is 0 Å². The molecular weight excluding hydrogens is 284 g/mol. The Morgan fingerprint density at radius 3 is 2.90 bits per heavy atom. The van der Waals surface area contributed by atoms with E-state index < -0.39 is 5.72 Å². The highest BCUT2D eigenvalue weighted by Crippen LogP contribution is 2.34. The van der Waals surface area contributed by atoms with Crippen LogP contribution >= 0.6 is 11.3 Å². The van der Waals surface area contributed by atoms with Gasteiger partial charge in [-0.05, 0) is 29.5 Å². The van der Waals surface area contributed by atoms with E-state index in [1.807, 2.05) is 35.7 Å². The monoisotopic (exact) mass is 298 g/mol. The molecule has 3 N–H and O–H groups in total. The highest BCUT2D eigenvalue weighted by atomic mass is 32.1. The lowest BCUT2D eigenvalue weighted by molar-refractivity contribution is 0.00413. The number of aromatic amines is 1. The van der Waals surface area contributed by atoms with Gasteiger partial charge in [0.15, 0.2) is 0 Å². The SMILES string of the molecule is O=C(c1cccs1)C1(O)NCCc2c1[nH]c1ccccc21. The summed E-state index contributed by atoms with van der Waals surface area (Å²) in [5.74, 6) is -0.301. The standard InChI is InChI=1S/C16H14N2O2S/c19-15(13-6-3-9-21-13)16(20)14-11(7-8-17-16)10-4-1-2-5-12(10)18-14/h1-6,9,17-18,20H,7-8H2. The largest absolute Gasteiger partial charge is 0.364 e. The van der Waals surface area contributed by atoms with Gasteiger partial charge < -0.3 is 10.1 Å². The second-order valence-electron chi connectivity index (χ2n) is 5.22. The van der Waals surface area contributed by atoms with E-state index in [-0.39, 0.29) is 5.78 Å². The maximum absolute atomic E-state index is 12.7. The van der Waals surface area contributed by atoms with Gasteiger partial charge in [0.05, 0.1) is 10.6 Å². The van der Waals surface area contributed by atoms with Crippen LogP contribution < -0.4 is 5.32 Å². The number of benzene rings is 1. The van der Waals surface area contributed by atoms with Crippen molar-refractivity contribution in [2.45, 2.75) is 12.1 Å². The first-order valence-corrected chi connectivity index (χ1v) is 7.74. The number of fused-ring (bicyclic) bond motifs is 3. The quantitative estimate of drug-likeness (QED) is 0.637. The third kappa shape index (κ3) is 1.78. The number of para-hydroxylation sites is 1. The van der Waals surface area contributed by atoms with Crippen LogP contribution in [0.15, 0.2) is 41.8 Å². The number of Topliss-reactive ketones (excluding diaryl/α,β-unsaturated/α-hetero) is 1. The first-order chi connectivity index (χ1) is 10.2. The summed E-state index contributed by atoms with van der Waals surface area (Å²) in [6, 6.07) is 11.5. The van der Waals surface area contributed by atoms with E-state index in [4.69, 9.17) is 0 Å². The predicted molar refractivity (Wildman–Crippen MR) is 82.6 cm³/mol. The molecule has 0 bridgehead atoms. The summed E-state index contributed by atoms with van der Waals surface area (Å²) in [5.41, 5.74) is 0.881. The van der Waals surface area contributed by atoms with Crippen molar-refractivity contribution in [3.8, 4) is 0 Å². The van der Waals surface area contributed by atoms with Gasteiger partial charge in [-0.2, -0.15) is 0 Å². The lowest BCUT2D eigenvalue weighted by atomic mass is 9.93. The van der Waals surface area contributed by atoms with Crippen molar-refractivity contribution in [3.05, 3.63) is 57.9 Å². The Labute approximate surface area is 125 Å². The molecule has 106 valence electrons. The average molecular weight is 298 g/mol. The summed E-state index contributed by atoms with van der Waals surface area (Å²) >= 11 is 1.34. The Balaban J connectivity index is 1.92. The summed E-state index contributed by atoms with van der Waals surface area (Å²) in [7, 11) is 0. The van der Waals surface area contributed by atoms with E-state index in [9.17, 15) is 9.90 Å². The lowest BCUT2D eigenvalue weighted by Crippen LogP contribution is -2.53. The maximum Gasteiger partial charge on any atom is 0.225 e. The number of carbonyl (C=O) groups is 1. The Kier molecular flexibility index (Phi) is 2.75. The predicted octanol–water partition coefficient (Wildman–Crippen LogP) is 2.40. The molecule has 0 aliphatic carbocycles. The lowest BCUT2D eigenvalue weighted by Gasteiger charge is -2.31. The van der Waals surface area contributed by atoms with E-state index >= 15 is 0 Å². The molecule has 21 heavy (non-hydrogen) atoms. The van der Waals surface area contributed by atoms with Gasteiger partial charge in [-0.15, -0.1) is 11.3 Å². The Morgan fingerprint density at radius 1 is 1.24 bits per heavy atom. The maximum atomic E-state index is 12.7. The number of aromatic nitrogens is 1. The van der Waals surface area contributed by atoms with Gasteiger partial charge in [-0.3, -0.25) is 10.1 Å². The van der Waals surface area contributed by atoms with Gasteiger partial charge in [0, 0.05) is 17.4 Å². The zero-order valence-corrected chi connectivity index (χ0v) is 12.0. The molecule has 3 heterocycles. The van der Waals surface area contributed by atoms with Crippen LogP contribution in [-0.4, -0.2) is 22.4 Å². The molecule has 2 aromatic heterocycles. The number of thiophene rings is 1. The van der Waals surface area contributed by atoms with Crippen LogP contribution in [0.3, 0.4) is 0 Å². The minimum Gasteiger partial charge on any atom is -0.364 e. The first-order valence-electron chi connectivity index (χ1n) is 6.86. The molecule has 1 aliphatic heterocycles. The van der Waals surface area contributed by atoms with Crippen molar-refractivity contribution in [3.63, 3.8) is 0 Å².